The molecule has 0 bridgehead atoms. The molecule has 40 heavy (non-hydrogen) atoms. The van der Waals surface area contributed by atoms with Crippen LogP contribution in [0.4, 0.5) is 9.80 Å². The molecular weight excluding hydrogens is 546 g/mol. The number of aldehydes is 2. The smallest absolute Gasteiger partial charge is 0.319 e. The van der Waals surface area contributed by atoms with E-state index in [1.165, 1.54) is 11.3 Å². The van der Waals surface area contributed by atoms with Crippen molar-refractivity contribution in [3.05, 3.63) is 77.2 Å². The molecule has 3 heterocycles. The van der Waals surface area contributed by atoms with Gasteiger partial charge in [0.1, 0.15) is 11.3 Å². The first-order valence-corrected chi connectivity index (χ1v) is 14.5. The highest BCUT2D eigenvalue weighted by Crippen LogP contribution is 2.48. The van der Waals surface area contributed by atoms with E-state index in [0.29, 0.717) is 35.4 Å². The fourth-order valence-corrected chi connectivity index (χ4v) is 6.76. The van der Waals surface area contributed by atoms with Crippen LogP contribution in [0.15, 0.2) is 66.1 Å². The number of Topliss-reactive ketones (excluding diaryl/α,β-unsaturated/α-hetero) is 1. The topological polar surface area (TPSA) is 116 Å². The largest absolute Gasteiger partial charge is 0.400 e. The zero-order valence-corrected chi connectivity index (χ0v) is 24.8. The molecule has 1 fully saturated rings. The number of carbonyl (C=O) groups is 4. The van der Waals surface area contributed by atoms with Gasteiger partial charge in [0, 0.05) is 51.3 Å². The minimum Gasteiger partial charge on any atom is -0.400 e. The fourth-order valence-electron chi connectivity index (χ4n) is 4.29. The van der Waals surface area contributed by atoms with Crippen LogP contribution in [0, 0.1) is 0 Å². The van der Waals surface area contributed by atoms with E-state index < -0.39 is 0 Å². The van der Waals surface area contributed by atoms with Crippen molar-refractivity contribution >= 4 is 52.5 Å². The number of amides is 2. The summed E-state index contributed by atoms with van der Waals surface area (Å²) in [5.41, 5.74) is 2.67. The van der Waals surface area contributed by atoms with E-state index >= 15 is 0 Å². The van der Waals surface area contributed by atoms with Crippen LogP contribution in [0.5, 0.6) is 0 Å². The molecule has 1 spiro atoms. The number of rotatable bonds is 7. The zero-order valence-electron chi connectivity index (χ0n) is 23.2. The van der Waals surface area contributed by atoms with Crippen LogP contribution in [0.2, 0.25) is 0 Å². The minimum absolute atomic E-state index is 0.111. The van der Waals surface area contributed by atoms with Gasteiger partial charge in [-0.1, -0.05) is 49.6 Å². The maximum absolute atomic E-state index is 12.1. The summed E-state index contributed by atoms with van der Waals surface area (Å²) in [6.45, 7) is 12.0. The predicted molar refractivity (Wildman–Crippen MR) is 165 cm³/mol. The van der Waals surface area contributed by atoms with Gasteiger partial charge in [-0.3, -0.25) is 19.7 Å². The molecule has 0 atom stereocenters. The molecule has 1 aromatic heterocycles. The van der Waals surface area contributed by atoms with Gasteiger partial charge in [-0.15, -0.1) is 23.1 Å². The number of thioether (sulfide) groups is 1. The summed E-state index contributed by atoms with van der Waals surface area (Å²) in [6.07, 6.45) is 7.79. The quantitative estimate of drug-likeness (QED) is 0.365. The molecule has 1 saturated heterocycles. The van der Waals surface area contributed by atoms with E-state index in [2.05, 4.69) is 35.7 Å². The third kappa shape index (κ3) is 8.59. The summed E-state index contributed by atoms with van der Waals surface area (Å²) < 4.78 is 0.111. The number of hydrogen-bond donors (Lipinski definition) is 3. The summed E-state index contributed by atoms with van der Waals surface area (Å²) in [7, 11) is 3.14. The first-order chi connectivity index (χ1) is 19.3. The number of hydrogen-bond acceptors (Lipinski definition) is 8. The van der Waals surface area contributed by atoms with Crippen molar-refractivity contribution in [1.29, 1.82) is 0 Å². The first-order valence-electron chi connectivity index (χ1n) is 12.8. The van der Waals surface area contributed by atoms with Crippen molar-refractivity contribution in [2.24, 2.45) is 0 Å². The lowest BCUT2D eigenvalue weighted by Gasteiger charge is -2.42. The number of nitrogens with one attached hydrogen (secondary N) is 2. The highest BCUT2D eigenvalue weighted by molar-refractivity contribution is 8.04. The second-order valence-corrected chi connectivity index (χ2v) is 11.7. The maximum Gasteiger partial charge on any atom is 0.319 e. The van der Waals surface area contributed by atoms with Crippen LogP contribution < -0.4 is 10.6 Å². The van der Waals surface area contributed by atoms with E-state index in [1.807, 2.05) is 18.7 Å². The third-order valence-corrected chi connectivity index (χ3v) is 9.15. The van der Waals surface area contributed by atoms with Crippen LogP contribution in [0.1, 0.15) is 46.9 Å². The van der Waals surface area contributed by atoms with E-state index in [4.69, 9.17) is 5.11 Å². The average Bonchev–Trinajstić information content (AvgIpc) is 3.38. The highest BCUT2D eigenvalue weighted by atomic mass is 32.2. The van der Waals surface area contributed by atoms with Gasteiger partial charge in [-0.05, 0) is 51.5 Å². The summed E-state index contributed by atoms with van der Waals surface area (Å²) >= 11 is 3.15. The second-order valence-electron chi connectivity index (χ2n) is 9.11. The Morgan fingerprint density at radius 3 is 2.27 bits per heavy atom. The highest BCUT2D eigenvalue weighted by Gasteiger charge is 2.41. The van der Waals surface area contributed by atoms with Gasteiger partial charge in [-0.2, -0.15) is 0 Å². The van der Waals surface area contributed by atoms with Crippen LogP contribution in [0.25, 0.3) is 10.4 Å². The number of likely N-dealkylation sites (tertiary alicyclic amines) is 1. The van der Waals surface area contributed by atoms with Crippen LogP contribution in [0.3, 0.4) is 0 Å². The Labute approximate surface area is 244 Å². The number of ketones is 1. The van der Waals surface area contributed by atoms with Crippen molar-refractivity contribution in [1.82, 2.24) is 10.2 Å². The van der Waals surface area contributed by atoms with Crippen molar-refractivity contribution in [2.45, 2.75) is 30.9 Å². The summed E-state index contributed by atoms with van der Waals surface area (Å²) in [5, 5.41) is 12.8. The van der Waals surface area contributed by atoms with Gasteiger partial charge in [0.2, 0.25) is 0 Å². The Morgan fingerprint density at radius 2 is 1.75 bits per heavy atom. The maximum atomic E-state index is 12.1. The molecule has 0 unspecified atom stereocenters. The molecule has 4 rings (SSSR count). The third-order valence-electron chi connectivity index (χ3n) is 6.45. The van der Waals surface area contributed by atoms with Crippen molar-refractivity contribution in [3.8, 4) is 10.4 Å². The summed E-state index contributed by atoms with van der Waals surface area (Å²) in [6, 6.07) is 8.40. The summed E-state index contributed by atoms with van der Waals surface area (Å²) in [5.74, 6) is 0.234. The number of allylic oxidation sites excluding steroid dienone is 3. The molecular formula is C30H37N3O5S2. The number of carbonyl (C=O) groups excluding carboxylic acids is 4. The Balaban J connectivity index is 0.000000269. The standard InChI is InChI=1S/C15H14N2O3S.C14H19NOS.CH4O/c1-2-16-15(20)17-14-12(9-19)7-13(21-14)11-5-3-10(8-18)4-6-11;1-4-11-12(16)10-14(17-13(11)5-2)6-8-15(3)9-7-14;1-2/h3-9H,2H2,1H3,(H2,16,17,20);4-5H,1-2,6-10H2,3H3;2H,1H3. The lowest BCUT2D eigenvalue weighted by Crippen LogP contribution is -2.43. The molecule has 2 aliphatic heterocycles. The van der Waals surface area contributed by atoms with Crippen molar-refractivity contribution in [2.75, 3.05) is 39.1 Å². The second kappa shape index (κ2) is 16.1. The molecule has 0 radical (unpaired) electrons. The van der Waals surface area contributed by atoms with E-state index in [9.17, 15) is 19.2 Å². The monoisotopic (exact) mass is 583 g/mol. The Morgan fingerprint density at radius 1 is 1.10 bits per heavy atom. The SMILES string of the molecule is C=CC1=C(C=C)C(=O)CC2(CCN(C)CC2)S1.CCNC(=O)Nc1sc(-c2ccc(C=O)cc2)cc1C=O.CO. The molecule has 2 amide bonds. The van der Waals surface area contributed by atoms with E-state index in [0.717, 1.165) is 60.2 Å². The number of thiophene rings is 1. The molecule has 8 nitrogen and oxygen atoms in total. The van der Waals surface area contributed by atoms with E-state index in [-0.39, 0.29) is 16.6 Å². The predicted octanol–water partition coefficient (Wildman–Crippen LogP) is 5.57. The van der Waals surface area contributed by atoms with Gasteiger partial charge in [0.05, 0.1) is 0 Å². The van der Waals surface area contributed by atoms with Crippen LogP contribution >= 0.6 is 23.1 Å². The van der Waals surface area contributed by atoms with Crippen molar-refractivity contribution in [3.63, 3.8) is 0 Å². The number of nitrogens with zero attached hydrogens (tertiary/aromatic N) is 1. The molecule has 2 aromatic rings. The van der Waals surface area contributed by atoms with E-state index in [1.54, 1.807) is 42.5 Å². The normalized spacial score (nSPS) is 16.1. The van der Waals surface area contributed by atoms with Crippen LogP contribution in [-0.4, -0.2) is 72.9 Å². The lowest BCUT2D eigenvalue weighted by atomic mass is 9.88. The summed E-state index contributed by atoms with van der Waals surface area (Å²) in [4.78, 5) is 49.6. The number of aliphatic hydroxyl groups is 1. The van der Waals surface area contributed by atoms with Gasteiger partial charge in [0.25, 0.3) is 0 Å². The number of piperidine rings is 1. The first kappa shape index (κ1) is 32.9. The Kier molecular flexibility index (Phi) is 13.2. The molecule has 3 N–H and O–H groups in total. The lowest BCUT2D eigenvalue weighted by molar-refractivity contribution is -0.116. The molecule has 2 aliphatic rings. The molecule has 0 aliphatic carbocycles. The zero-order chi connectivity index (χ0) is 29.7. The molecule has 0 saturated carbocycles. The molecule has 1 aromatic carbocycles. The van der Waals surface area contributed by atoms with Gasteiger partial charge < -0.3 is 15.3 Å². The number of aliphatic hydroxyl groups excluding tert-OH is 1. The number of anilines is 1. The van der Waals surface area contributed by atoms with Gasteiger partial charge >= 0.3 is 6.03 Å². The average molecular weight is 584 g/mol. The Hall–Kier alpha value is -3.31. The Bertz CT molecular complexity index is 1240. The number of benzene rings is 1. The number of urea groups is 1. The van der Waals surface area contributed by atoms with Crippen molar-refractivity contribution < 1.29 is 24.3 Å². The van der Waals surface area contributed by atoms with Gasteiger partial charge in [0.15, 0.2) is 12.1 Å². The minimum atomic E-state index is -0.342. The molecule has 214 valence electrons. The fraction of sp³-hybridized carbons (Fsp3) is 0.333. The van der Waals surface area contributed by atoms with Crippen LogP contribution in [-0.2, 0) is 4.79 Å². The van der Waals surface area contributed by atoms with Gasteiger partial charge in [-0.25, -0.2) is 4.79 Å². The molecule has 10 heteroatoms.